The molecule has 0 nitrogen and oxygen atoms in total. The van der Waals surface area contributed by atoms with E-state index in [4.69, 9.17) is 0 Å². The Balaban J connectivity index is 1.43. The molecule has 9 rings (SSSR count). The predicted octanol–water partition coefficient (Wildman–Crippen LogP) is 10.4. The zero-order valence-electron chi connectivity index (χ0n) is 24.4. The van der Waals surface area contributed by atoms with Gasteiger partial charge in [0.25, 0.3) is 0 Å². The zero-order chi connectivity index (χ0) is 28.7. The first-order chi connectivity index (χ1) is 21.1. The van der Waals surface area contributed by atoms with E-state index >= 15 is 0 Å². The summed E-state index contributed by atoms with van der Waals surface area (Å²) in [5, 5.41) is 13.5. The van der Waals surface area contributed by atoms with Crippen LogP contribution in [0.5, 0.6) is 0 Å². The maximum absolute atomic E-state index is 2.50. The molecular formula is C42H30Si. The lowest BCUT2D eigenvalue weighted by atomic mass is 9.85. The summed E-state index contributed by atoms with van der Waals surface area (Å²) in [4.78, 5) is 0. The maximum Gasteiger partial charge on any atom is 0.113 e. The second-order valence-electron chi connectivity index (χ2n) is 12.5. The normalized spacial score (nSPS) is 13.5. The Kier molecular flexibility index (Phi) is 5.15. The van der Waals surface area contributed by atoms with E-state index in [1.165, 1.54) is 76.5 Å². The highest BCUT2D eigenvalue weighted by Gasteiger charge is 2.38. The molecule has 0 radical (unpaired) electrons. The van der Waals surface area contributed by atoms with E-state index in [2.05, 4.69) is 159 Å². The molecule has 0 saturated heterocycles. The largest absolute Gasteiger partial charge is 0.113 e. The van der Waals surface area contributed by atoms with Crippen LogP contribution in [0.15, 0.2) is 146 Å². The number of rotatable bonds is 2. The van der Waals surface area contributed by atoms with E-state index in [-0.39, 0.29) is 0 Å². The van der Waals surface area contributed by atoms with Crippen LogP contribution in [0.2, 0.25) is 13.1 Å². The van der Waals surface area contributed by atoms with Gasteiger partial charge in [-0.15, -0.1) is 0 Å². The third-order valence-electron chi connectivity index (χ3n) is 9.84. The molecule has 0 N–H and O–H groups in total. The van der Waals surface area contributed by atoms with Crippen LogP contribution in [-0.4, -0.2) is 8.07 Å². The van der Waals surface area contributed by atoms with E-state index in [0.717, 1.165) is 0 Å². The van der Waals surface area contributed by atoms with Crippen LogP contribution in [0.3, 0.4) is 0 Å². The maximum atomic E-state index is 2.50. The Hall–Kier alpha value is -4.98. The van der Waals surface area contributed by atoms with Crippen molar-refractivity contribution in [1.82, 2.24) is 0 Å². The van der Waals surface area contributed by atoms with Crippen molar-refractivity contribution in [3.8, 4) is 33.4 Å². The zero-order valence-corrected chi connectivity index (χ0v) is 25.4. The van der Waals surface area contributed by atoms with Crippen LogP contribution in [-0.2, 0) is 0 Å². The summed E-state index contributed by atoms with van der Waals surface area (Å²) in [7, 11) is -1.78. The van der Waals surface area contributed by atoms with E-state index in [0.29, 0.717) is 0 Å². The van der Waals surface area contributed by atoms with Gasteiger partial charge in [-0.1, -0.05) is 147 Å². The number of benzene rings is 8. The van der Waals surface area contributed by atoms with Crippen molar-refractivity contribution in [3.63, 3.8) is 0 Å². The second-order valence-corrected chi connectivity index (χ2v) is 16.8. The van der Waals surface area contributed by atoms with Gasteiger partial charge in [0.2, 0.25) is 0 Å². The first kappa shape index (κ1) is 24.6. The fourth-order valence-corrected chi connectivity index (χ4v) is 11.0. The molecule has 1 heterocycles. The van der Waals surface area contributed by atoms with Gasteiger partial charge in [-0.3, -0.25) is 0 Å². The van der Waals surface area contributed by atoms with Crippen molar-refractivity contribution in [3.05, 3.63) is 146 Å². The van der Waals surface area contributed by atoms with Crippen molar-refractivity contribution >= 4 is 61.5 Å². The highest BCUT2D eigenvalue weighted by atomic mass is 28.3. The van der Waals surface area contributed by atoms with Crippen LogP contribution in [0.25, 0.3) is 76.5 Å². The Labute approximate surface area is 252 Å². The van der Waals surface area contributed by atoms with Crippen LogP contribution >= 0.6 is 0 Å². The fraction of sp³-hybridized carbons (Fsp3) is 0.0476. The molecule has 0 atom stereocenters. The fourth-order valence-electron chi connectivity index (χ4n) is 7.87. The van der Waals surface area contributed by atoms with Crippen molar-refractivity contribution < 1.29 is 0 Å². The van der Waals surface area contributed by atoms with Gasteiger partial charge in [0.05, 0.1) is 0 Å². The van der Waals surface area contributed by atoms with E-state index in [1.54, 1.807) is 10.4 Å². The van der Waals surface area contributed by atoms with Gasteiger partial charge < -0.3 is 0 Å². The molecule has 0 bridgehead atoms. The third-order valence-corrected chi connectivity index (χ3v) is 13.4. The van der Waals surface area contributed by atoms with Crippen LogP contribution in [0.4, 0.5) is 0 Å². The van der Waals surface area contributed by atoms with E-state index in [1.807, 2.05) is 0 Å². The van der Waals surface area contributed by atoms with Gasteiger partial charge >= 0.3 is 0 Å². The lowest BCUT2D eigenvalue weighted by molar-refractivity contribution is 1.67. The molecule has 202 valence electrons. The molecule has 8 aromatic rings. The number of hydrogen-bond donors (Lipinski definition) is 0. The monoisotopic (exact) mass is 562 g/mol. The standard InChI is InChI=1S/C42H30Si/c1-43(2)39-23-10-9-20-36(39)42-35(22-12-24-40(42)43)38-26-28-25-37(30-21-11-14-27-13-3-4-15-29(27)30)31-16-5-7-18-33(31)41(28)34-19-8-6-17-32(34)38/h3-26H,1-2H3. The lowest BCUT2D eigenvalue weighted by Crippen LogP contribution is -2.49. The Morgan fingerprint density at radius 1 is 0.349 bits per heavy atom. The van der Waals surface area contributed by atoms with E-state index < -0.39 is 8.07 Å². The Bertz CT molecular complexity index is 2420. The van der Waals surface area contributed by atoms with Gasteiger partial charge in [0.15, 0.2) is 0 Å². The molecule has 8 aromatic carbocycles. The average Bonchev–Trinajstić information content (AvgIpc) is 3.30. The highest BCUT2D eigenvalue weighted by molar-refractivity contribution is 7.04. The molecule has 1 aliphatic rings. The van der Waals surface area contributed by atoms with Gasteiger partial charge in [-0.2, -0.15) is 0 Å². The first-order valence-electron chi connectivity index (χ1n) is 15.2. The molecule has 0 unspecified atom stereocenters. The Morgan fingerprint density at radius 3 is 1.58 bits per heavy atom. The molecule has 0 aromatic heterocycles. The minimum Gasteiger partial charge on any atom is -0.0623 e. The summed E-state index contributed by atoms with van der Waals surface area (Å²) in [5.41, 5.74) is 8.10. The van der Waals surface area contributed by atoms with Gasteiger partial charge in [0.1, 0.15) is 8.07 Å². The highest BCUT2D eigenvalue weighted by Crippen LogP contribution is 2.45. The molecule has 43 heavy (non-hydrogen) atoms. The van der Waals surface area contributed by atoms with Crippen LogP contribution in [0, 0.1) is 0 Å². The van der Waals surface area contributed by atoms with Crippen molar-refractivity contribution in [1.29, 1.82) is 0 Å². The topological polar surface area (TPSA) is 0 Å². The summed E-state index contributed by atoms with van der Waals surface area (Å²) in [6.07, 6.45) is 0. The first-order valence-corrected chi connectivity index (χ1v) is 18.2. The molecular weight excluding hydrogens is 533 g/mol. The summed E-state index contributed by atoms with van der Waals surface area (Å²) in [5.74, 6) is 0. The molecule has 0 spiro atoms. The molecule has 1 heteroatoms. The molecule has 0 saturated carbocycles. The smallest absolute Gasteiger partial charge is 0.0623 e. The van der Waals surface area contributed by atoms with Gasteiger partial charge in [0, 0.05) is 0 Å². The number of fused-ring (bicyclic) bond motifs is 9. The van der Waals surface area contributed by atoms with Crippen LogP contribution in [0.1, 0.15) is 0 Å². The summed E-state index contributed by atoms with van der Waals surface area (Å²) >= 11 is 0. The molecule has 0 fully saturated rings. The SMILES string of the molecule is C[Si]1(C)c2ccccc2-c2c(-c3cc4cc(-c5cccc6ccccc56)c5ccccc5c4c4ccccc34)cccc21. The second kappa shape index (κ2) is 9.01. The van der Waals surface area contributed by atoms with Crippen molar-refractivity contribution in [2.45, 2.75) is 13.1 Å². The van der Waals surface area contributed by atoms with Crippen LogP contribution < -0.4 is 10.4 Å². The minimum absolute atomic E-state index is 1.27. The summed E-state index contributed by atoms with van der Waals surface area (Å²) < 4.78 is 0. The number of hydrogen-bond acceptors (Lipinski definition) is 0. The molecule has 0 amide bonds. The predicted molar refractivity (Wildman–Crippen MR) is 190 cm³/mol. The lowest BCUT2D eigenvalue weighted by Gasteiger charge is -2.20. The van der Waals surface area contributed by atoms with Crippen molar-refractivity contribution in [2.24, 2.45) is 0 Å². The molecule has 1 aliphatic heterocycles. The summed E-state index contributed by atoms with van der Waals surface area (Å²) in [6, 6.07) is 54.5. The minimum atomic E-state index is -1.78. The Morgan fingerprint density at radius 2 is 0.837 bits per heavy atom. The van der Waals surface area contributed by atoms with Gasteiger partial charge in [-0.05, 0) is 99.0 Å². The quantitative estimate of drug-likeness (QED) is 0.145. The van der Waals surface area contributed by atoms with Gasteiger partial charge in [-0.25, -0.2) is 0 Å². The summed E-state index contributed by atoms with van der Waals surface area (Å²) in [6.45, 7) is 5.01. The molecule has 0 aliphatic carbocycles. The third kappa shape index (κ3) is 3.43. The van der Waals surface area contributed by atoms with Crippen molar-refractivity contribution in [2.75, 3.05) is 0 Å². The average molecular weight is 563 g/mol. The van der Waals surface area contributed by atoms with E-state index in [9.17, 15) is 0 Å².